The Labute approximate surface area is 80.9 Å². The van der Waals surface area contributed by atoms with E-state index in [1.54, 1.807) is 0 Å². The van der Waals surface area contributed by atoms with Crippen molar-refractivity contribution < 1.29 is 4.92 Å². The third-order valence-electron chi connectivity index (χ3n) is 0.981. The minimum Gasteiger partial charge on any atom is -0.358 e. The molecule has 0 unspecified atom stereocenters. The van der Waals surface area contributed by atoms with Crippen molar-refractivity contribution in [1.82, 2.24) is 4.98 Å². The molecule has 1 aromatic heterocycles. The Morgan fingerprint density at radius 2 is 2.36 bits per heavy atom. The molecule has 0 saturated carbocycles. The molecule has 0 spiro atoms. The van der Waals surface area contributed by atoms with Gasteiger partial charge in [-0.25, -0.2) is 0 Å². The van der Waals surface area contributed by atoms with Crippen LogP contribution in [0.3, 0.4) is 0 Å². The van der Waals surface area contributed by atoms with Crippen LogP contribution in [0.2, 0.25) is 5.02 Å². The minimum absolute atomic E-state index is 0.226. The lowest BCUT2D eigenvalue weighted by Crippen LogP contribution is -1.91. The van der Waals surface area contributed by atoms with Crippen LogP contribution in [-0.4, -0.2) is 9.91 Å². The van der Waals surface area contributed by atoms with Gasteiger partial charge >= 0.3 is 5.82 Å². The van der Waals surface area contributed by atoms with Gasteiger partial charge in [0.2, 0.25) is 0 Å². The van der Waals surface area contributed by atoms with Crippen LogP contribution in [0.1, 0.15) is 0 Å². The van der Waals surface area contributed by atoms with E-state index in [4.69, 9.17) is 11.6 Å². The van der Waals surface area contributed by atoms with Gasteiger partial charge in [-0.2, -0.15) is 0 Å². The number of nitrogens with zero attached hydrogens (tertiary/aromatic N) is 2. The van der Waals surface area contributed by atoms with Crippen LogP contribution in [0.5, 0.6) is 0 Å². The predicted octanol–water partition coefficient (Wildman–Crippen LogP) is 2.25. The molecular weight excluding hydrogens is 282 g/mol. The normalized spacial score (nSPS) is 9.64. The molecule has 0 atom stereocenters. The predicted molar refractivity (Wildman–Crippen MR) is 48.6 cm³/mol. The van der Waals surface area contributed by atoms with Crippen molar-refractivity contribution in [2.24, 2.45) is 0 Å². The summed E-state index contributed by atoms with van der Waals surface area (Å²) in [5, 5.41) is 10.5. The first kappa shape index (κ1) is 8.66. The van der Waals surface area contributed by atoms with Crippen LogP contribution >= 0.6 is 34.2 Å². The van der Waals surface area contributed by atoms with E-state index >= 15 is 0 Å². The zero-order chi connectivity index (χ0) is 8.43. The summed E-state index contributed by atoms with van der Waals surface area (Å²) in [7, 11) is 0. The first-order valence-corrected chi connectivity index (χ1v) is 4.02. The van der Waals surface area contributed by atoms with Crippen molar-refractivity contribution in [2.45, 2.75) is 0 Å². The fourth-order valence-electron chi connectivity index (χ4n) is 0.504. The monoisotopic (exact) mass is 284 g/mol. The summed E-state index contributed by atoms with van der Waals surface area (Å²) >= 11 is 7.55. The molecule has 0 aliphatic carbocycles. The van der Waals surface area contributed by atoms with Gasteiger partial charge in [0.25, 0.3) is 0 Å². The minimum atomic E-state index is -0.581. The molecule has 4 nitrogen and oxygen atoms in total. The molecule has 0 amide bonds. The Kier molecular flexibility index (Phi) is 2.61. The van der Waals surface area contributed by atoms with Gasteiger partial charge in [-0.3, -0.25) is 0 Å². The van der Waals surface area contributed by atoms with E-state index in [0.717, 1.165) is 0 Å². The third kappa shape index (κ3) is 2.00. The molecule has 0 saturated heterocycles. The molecule has 0 bridgehead atoms. The van der Waals surface area contributed by atoms with Crippen molar-refractivity contribution in [1.29, 1.82) is 0 Å². The molecule has 1 aromatic rings. The second kappa shape index (κ2) is 3.31. The summed E-state index contributed by atoms with van der Waals surface area (Å²) in [5.74, 6) is -0.226. The lowest BCUT2D eigenvalue weighted by atomic mass is 10.5. The largest absolute Gasteiger partial charge is 0.364 e. The van der Waals surface area contributed by atoms with E-state index < -0.39 is 4.92 Å². The summed E-state index contributed by atoms with van der Waals surface area (Å²) in [6, 6.07) is 1.23. The van der Waals surface area contributed by atoms with E-state index in [1.807, 2.05) is 22.6 Å². The topological polar surface area (TPSA) is 56.0 Å². The Hall–Kier alpha value is -0.430. The van der Waals surface area contributed by atoms with Crippen molar-refractivity contribution in [3.8, 4) is 0 Å². The second-order valence-electron chi connectivity index (χ2n) is 1.71. The lowest BCUT2D eigenvalue weighted by molar-refractivity contribution is -0.389. The molecule has 58 valence electrons. The summed E-state index contributed by atoms with van der Waals surface area (Å²) in [6.07, 6.45) is 1.36. The molecular formula is C5H2ClIN2O2. The summed E-state index contributed by atoms with van der Waals surface area (Å²) in [5.41, 5.74) is 0. The highest BCUT2D eigenvalue weighted by atomic mass is 127. The van der Waals surface area contributed by atoms with Gasteiger partial charge in [-0.15, -0.1) is 0 Å². The van der Waals surface area contributed by atoms with Gasteiger partial charge in [-0.05, 0) is 32.5 Å². The Balaban J connectivity index is 3.15. The van der Waals surface area contributed by atoms with Gasteiger partial charge in [0.15, 0.2) is 6.20 Å². The standard InChI is InChI=1S/C5H2ClIN2O2/c6-3-1-5(9(10)11)8-2-4(3)7/h1-2H. The molecule has 0 aliphatic heterocycles. The van der Waals surface area contributed by atoms with Gasteiger partial charge in [0.05, 0.1) is 14.7 Å². The fraction of sp³-hybridized carbons (Fsp3) is 0. The van der Waals surface area contributed by atoms with Gasteiger partial charge < -0.3 is 10.1 Å². The first-order chi connectivity index (χ1) is 5.11. The van der Waals surface area contributed by atoms with E-state index in [9.17, 15) is 10.1 Å². The van der Waals surface area contributed by atoms with Crippen LogP contribution in [0.25, 0.3) is 0 Å². The van der Waals surface area contributed by atoms with Gasteiger partial charge in [-0.1, -0.05) is 11.6 Å². The maximum Gasteiger partial charge on any atom is 0.364 e. The van der Waals surface area contributed by atoms with Gasteiger partial charge in [0.1, 0.15) is 0 Å². The van der Waals surface area contributed by atoms with E-state index in [1.165, 1.54) is 12.3 Å². The number of pyridine rings is 1. The zero-order valence-corrected chi connectivity index (χ0v) is 8.03. The number of halogens is 2. The number of hydrogen-bond donors (Lipinski definition) is 0. The highest BCUT2D eigenvalue weighted by Gasteiger charge is 2.09. The third-order valence-corrected chi connectivity index (χ3v) is 2.47. The van der Waals surface area contributed by atoms with Crippen LogP contribution < -0.4 is 0 Å². The average Bonchev–Trinajstić information content (AvgIpc) is 1.94. The second-order valence-corrected chi connectivity index (χ2v) is 3.28. The molecule has 1 rings (SSSR count). The van der Waals surface area contributed by atoms with Crippen LogP contribution in [0, 0.1) is 13.7 Å². The van der Waals surface area contributed by atoms with Crippen LogP contribution in [0.4, 0.5) is 5.82 Å². The highest BCUT2D eigenvalue weighted by molar-refractivity contribution is 14.1. The van der Waals surface area contributed by atoms with Crippen molar-refractivity contribution in [2.75, 3.05) is 0 Å². The Bertz CT molecular complexity index is 305. The fourth-order valence-corrected chi connectivity index (χ4v) is 0.945. The molecule has 0 N–H and O–H groups in total. The van der Waals surface area contributed by atoms with Crippen molar-refractivity contribution >= 4 is 40.0 Å². The molecule has 0 aromatic carbocycles. The summed E-state index contributed by atoms with van der Waals surface area (Å²) < 4.78 is 0.704. The quantitative estimate of drug-likeness (QED) is 0.451. The number of nitro groups is 1. The van der Waals surface area contributed by atoms with Crippen molar-refractivity contribution in [3.63, 3.8) is 0 Å². The molecule has 0 fully saturated rings. The van der Waals surface area contributed by atoms with Crippen LogP contribution in [-0.2, 0) is 0 Å². The molecule has 11 heavy (non-hydrogen) atoms. The number of hydrogen-bond acceptors (Lipinski definition) is 3. The maximum atomic E-state index is 10.1. The highest BCUT2D eigenvalue weighted by Crippen LogP contribution is 2.20. The average molecular weight is 284 g/mol. The Morgan fingerprint density at radius 3 is 2.82 bits per heavy atom. The smallest absolute Gasteiger partial charge is 0.358 e. The lowest BCUT2D eigenvalue weighted by Gasteiger charge is -1.92. The molecule has 0 aliphatic rings. The Morgan fingerprint density at radius 1 is 1.73 bits per heavy atom. The molecule has 6 heteroatoms. The SMILES string of the molecule is O=[N+]([O-])c1cc(Cl)c(I)cn1. The maximum absolute atomic E-state index is 10.1. The molecule has 0 radical (unpaired) electrons. The first-order valence-electron chi connectivity index (χ1n) is 2.56. The van der Waals surface area contributed by atoms with E-state index in [0.29, 0.717) is 8.59 Å². The summed E-state index contributed by atoms with van der Waals surface area (Å²) in [6.45, 7) is 0. The summed E-state index contributed by atoms with van der Waals surface area (Å²) in [4.78, 5) is 13.1. The number of aromatic nitrogens is 1. The number of rotatable bonds is 1. The zero-order valence-electron chi connectivity index (χ0n) is 5.12. The van der Waals surface area contributed by atoms with Gasteiger partial charge in [0, 0.05) is 0 Å². The van der Waals surface area contributed by atoms with Crippen molar-refractivity contribution in [3.05, 3.63) is 31.0 Å². The van der Waals surface area contributed by atoms with E-state index in [2.05, 4.69) is 4.98 Å². The van der Waals surface area contributed by atoms with E-state index in [-0.39, 0.29) is 5.82 Å². The van der Waals surface area contributed by atoms with Crippen LogP contribution in [0.15, 0.2) is 12.3 Å². The molecule has 1 heterocycles.